The molecule has 0 aliphatic carbocycles. The lowest BCUT2D eigenvalue weighted by atomic mass is 10.2. The highest BCUT2D eigenvalue weighted by atomic mass is 16.2. The quantitative estimate of drug-likeness (QED) is 0.621. The van der Waals surface area contributed by atoms with Gasteiger partial charge in [0.1, 0.15) is 0 Å². The van der Waals surface area contributed by atoms with Crippen LogP contribution in [0.1, 0.15) is 12.5 Å². The van der Waals surface area contributed by atoms with Crippen molar-refractivity contribution in [2.45, 2.75) is 13.3 Å². The summed E-state index contributed by atoms with van der Waals surface area (Å²) in [6.07, 6.45) is 1.89. The van der Waals surface area contributed by atoms with Gasteiger partial charge in [-0.25, -0.2) is 0 Å². The molecule has 0 radical (unpaired) electrons. The fourth-order valence-corrected chi connectivity index (χ4v) is 0.714. The molecule has 0 unspecified atom stereocenters. The highest BCUT2D eigenvalue weighted by molar-refractivity contribution is 5.13. The second-order valence-electron chi connectivity index (χ2n) is 1.94. The zero-order chi connectivity index (χ0) is 8.53. The number of aryl methyl sites for hydroxylation is 1. The average molecular weight is 149 g/mol. The average Bonchev–Trinajstić information content (AvgIpc) is 2.08. The van der Waals surface area contributed by atoms with Crippen LogP contribution in [0.2, 0.25) is 0 Å². The van der Waals surface area contributed by atoms with E-state index in [1.54, 1.807) is 0 Å². The Balaban J connectivity index is 0.000000292. The van der Waals surface area contributed by atoms with Crippen LogP contribution in [0, 0.1) is 11.5 Å². The van der Waals surface area contributed by atoms with E-state index in [2.05, 4.69) is 31.2 Å². The van der Waals surface area contributed by atoms with E-state index in [0.29, 0.717) is 0 Å². The van der Waals surface area contributed by atoms with Gasteiger partial charge in [-0.15, -0.1) is 0 Å². The summed E-state index contributed by atoms with van der Waals surface area (Å²) in [5.74, 6) is 0. The van der Waals surface area contributed by atoms with Gasteiger partial charge in [0.2, 0.25) is 0 Å². The van der Waals surface area contributed by atoms with Crippen LogP contribution >= 0.6 is 0 Å². The number of hydrogen-bond donors (Lipinski definition) is 1. The third kappa shape index (κ3) is 4.98. The van der Waals surface area contributed by atoms with E-state index in [1.807, 2.05) is 6.07 Å². The molecule has 1 rings (SSSR count). The van der Waals surface area contributed by atoms with Gasteiger partial charge in [-0.05, 0) is 12.0 Å². The molecular formula is C9H11NO. The number of benzene rings is 1. The van der Waals surface area contributed by atoms with Crippen molar-refractivity contribution >= 4 is 0 Å². The van der Waals surface area contributed by atoms with E-state index >= 15 is 0 Å². The van der Waals surface area contributed by atoms with Crippen LogP contribution in [0.25, 0.3) is 0 Å². The molecular weight excluding hydrogens is 138 g/mol. The molecule has 2 nitrogen and oxygen atoms in total. The molecule has 0 aliphatic rings. The van der Waals surface area contributed by atoms with Crippen LogP contribution in [0.5, 0.6) is 0 Å². The SMILES string of the molecule is CCc1ccccc1.N#CO. The highest BCUT2D eigenvalue weighted by Gasteiger charge is 1.79. The third-order valence-corrected chi connectivity index (χ3v) is 1.25. The molecule has 11 heavy (non-hydrogen) atoms. The maximum absolute atomic E-state index is 6.88. The Hall–Kier alpha value is -1.49. The van der Waals surface area contributed by atoms with Crippen molar-refractivity contribution < 1.29 is 5.11 Å². The molecule has 0 saturated heterocycles. The fraction of sp³-hybridized carbons (Fsp3) is 0.222. The fourth-order valence-electron chi connectivity index (χ4n) is 0.714. The van der Waals surface area contributed by atoms with E-state index in [-0.39, 0.29) is 0 Å². The Morgan fingerprint density at radius 3 is 2.09 bits per heavy atom. The minimum atomic E-state index is 0.750. The monoisotopic (exact) mass is 149 g/mol. The summed E-state index contributed by atoms with van der Waals surface area (Å²) in [6, 6.07) is 10.5. The lowest BCUT2D eigenvalue weighted by molar-refractivity contribution is 0.503. The van der Waals surface area contributed by atoms with Crippen molar-refractivity contribution in [2.24, 2.45) is 0 Å². The predicted octanol–water partition coefficient (Wildman–Crippen LogP) is 2.09. The summed E-state index contributed by atoms with van der Waals surface area (Å²) in [5.41, 5.74) is 1.41. The van der Waals surface area contributed by atoms with Gasteiger partial charge in [0.15, 0.2) is 0 Å². The number of hydrogen-bond acceptors (Lipinski definition) is 2. The summed E-state index contributed by atoms with van der Waals surface area (Å²) in [7, 11) is 0. The smallest absolute Gasteiger partial charge is 0.283 e. The minimum absolute atomic E-state index is 0.750. The summed E-state index contributed by atoms with van der Waals surface area (Å²) in [4.78, 5) is 0. The van der Waals surface area contributed by atoms with Crippen molar-refractivity contribution in [3.05, 3.63) is 35.9 Å². The molecule has 1 aromatic carbocycles. The first-order valence-corrected chi connectivity index (χ1v) is 3.42. The molecule has 0 aromatic heterocycles. The molecule has 2 heteroatoms. The molecule has 1 aromatic rings. The standard InChI is InChI=1S/C8H10.CHNO/c1-2-8-6-4-3-5-7-8;2-1-3/h3-7H,2H2,1H3;3H. The molecule has 0 bridgehead atoms. The molecule has 0 fully saturated rings. The molecule has 58 valence electrons. The minimum Gasteiger partial charge on any atom is -0.443 e. The second kappa shape index (κ2) is 6.63. The first-order chi connectivity index (χ1) is 5.35. The Labute approximate surface area is 66.7 Å². The van der Waals surface area contributed by atoms with Crippen LogP contribution < -0.4 is 0 Å². The van der Waals surface area contributed by atoms with Crippen molar-refractivity contribution in [3.8, 4) is 6.26 Å². The van der Waals surface area contributed by atoms with E-state index in [9.17, 15) is 0 Å². The molecule has 0 amide bonds. The first-order valence-electron chi connectivity index (χ1n) is 3.42. The van der Waals surface area contributed by atoms with Crippen molar-refractivity contribution in [3.63, 3.8) is 0 Å². The van der Waals surface area contributed by atoms with Gasteiger partial charge in [0.25, 0.3) is 6.26 Å². The van der Waals surface area contributed by atoms with Gasteiger partial charge in [0, 0.05) is 0 Å². The molecule has 0 spiro atoms. The second-order valence-corrected chi connectivity index (χ2v) is 1.94. The first kappa shape index (κ1) is 9.51. The molecule has 0 saturated carbocycles. The molecule has 0 aliphatic heterocycles. The van der Waals surface area contributed by atoms with E-state index in [1.165, 1.54) is 5.56 Å². The number of rotatable bonds is 1. The zero-order valence-corrected chi connectivity index (χ0v) is 6.49. The highest BCUT2D eigenvalue weighted by Crippen LogP contribution is 1.96. The maximum atomic E-state index is 6.88. The summed E-state index contributed by atoms with van der Waals surface area (Å²) in [6.45, 7) is 2.16. The number of aliphatic hydroxyl groups excluding tert-OH is 1. The molecule has 0 atom stereocenters. The van der Waals surface area contributed by atoms with E-state index < -0.39 is 0 Å². The van der Waals surface area contributed by atoms with Crippen LogP contribution in [0.4, 0.5) is 0 Å². The van der Waals surface area contributed by atoms with E-state index in [4.69, 9.17) is 10.4 Å². The van der Waals surface area contributed by atoms with Gasteiger partial charge in [0.05, 0.1) is 0 Å². The molecule has 0 heterocycles. The van der Waals surface area contributed by atoms with Crippen LogP contribution in [-0.2, 0) is 6.42 Å². The summed E-state index contributed by atoms with van der Waals surface area (Å²) >= 11 is 0. The van der Waals surface area contributed by atoms with Crippen LogP contribution in [0.3, 0.4) is 0 Å². The largest absolute Gasteiger partial charge is 0.443 e. The maximum Gasteiger partial charge on any atom is 0.283 e. The predicted molar refractivity (Wildman–Crippen MR) is 43.4 cm³/mol. The van der Waals surface area contributed by atoms with Crippen molar-refractivity contribution in [1.29, 1.82) is 5.26 Å². The van der Waals surface area contributed by atoms with Gasteiger partial charge in [-0.3, -0.25) is 0 Å². The zero-order valence-electron chi connectivity index (χ0n) is 6.49. The third-order valence-electron chi connectivity index (χ3n) is 1.25. The van der Waals surface area contributed by atoms with Gasteiger partial charge >= 0.3 is 0 Å². The Kier molecular flexibility index (Phi) is 5.73. The number of nitriles is 1. The number of aliphatic hydroxyl groups is 1. The summed E-state index contributed by atoms with van der Waals surface area (Å²) < 4.78 is 0. The lowest BCUT2D eigenvalue weighted by Crippen LogP contribution is -1.73. The van der Waals surface area contributed by atoms with Gasteiger partial charge in [-0.2, -0.15) is 5.26 Å². The Morgan fingerprint density at radius 2 is 1.82 bits per heavy atom. The van der Waals surface area contributed by atoms with E-state index in [0.717, 1.165) is 12.7 Å². The van der Waals surface area contributed by atoms with Gasteiger partial charge < -0.3 is 5.11 Å². The van der Waals surface area contributed by atoms with Gasteiger partial charge in [-0.1, -0.05) is 37.3 Å². The van der Waals surface area contributed by atoms with Crippen LogP contribution in [0.15, 0.2) is 30.3 Å². The Morgan fingerprint density at radius 1 is 1.36 bits per heavy atom. The van der Waals surface area contributed by atoms with Crippen LogP contribution in [-0.4, -0.2) is 5.11 Å². The summed E-state index contributed by atoms with van der Waals surface area (Å²) in [5, 5.41) is 13.8. The normalized spacial score (nSPS) is 7.27. The molecule has 1 N–H and O–H groups in total. The Bertz CT molecular complexity index is 213. The lowest BCUT2D eigenvalue weighted by Gasteiger charge is -1.89. The van der Waals surface area contributed by atoms with Crippen molar-refractivity contribution in [1.82, 2.24) is 0 Å². The van der Waals surface area contributed by atoms with Crippen molar-refractivity contribution in [2.75, 3.05) is 0 Å². The topological polar surface area (TPSA) is 44.0 Å². The number of nitrogens with zero attached hydrogens (tertiary/aromatic N) is 1.